The highest BCUT2D eigenvalue weighted by molar-refractivity contribution is 5.76. The molecule has 0 saturated carbocycles. The summed E-state index contributed by atoms with van der Waals surface area (Å²) in [4.78, 5) is 24.4. The molecule has 1 amide bonds. The number of allylic oxidation sites excluding steroid dienone is 3. The van der Waals surface area contributed by atoms with Gasteiger partial charge in [-0.2, -0.15) is 0 Å². The van der Waals surface area contributed by atoms with E-state index >= 15 is 0 Å². The molecule has 0 fully saturated rings. The molecule has 3 N–H and O–H groups in total. The molecule has 2 unspecified atom stereocenters. The van der Waals surface area contributed by atoms with E-state index in [1.165, 1.54) is 231 Å². The van der Waals surface area contributed by atoms with E-state index < -0.39 is 12.1 Å². The number of amides is 1. The summed E-state index contributed by atoms with van der Waals surface area (Å²) < 4.78 is 5.40. The molecule has 0 bridgehead atoms. The predicted octanol–water partition coefficient (Wildman–Crippen LogP) is 17.9. The molecular formula is C59H113NO5. The Bertz CT molecular complexity index is 1010. The summed E-state index contributed by atoms with van der Waals surface area (Å²) in [5.41, 5.74) is 0. The summed E-state index contributed by atoms with van der Waals surface area (Å²) in [5.74, 6) is -0.0731. The minimum Gasteiger partial charge on any atom is -0.465 e. The second-order valence-corrected chi connectivity index (χ2v) is 20.0. The molecule has 0 aliphatic heterocycles. The van der Waals surface area contributed by atoms with Crippen LogP contribution in [0.5, 0.6) is 0 Å². The molecule has 6 nitrogen and oxygen atoms in total. The molecule has 0 rings (SSSR count). The highest BCUT2D eigenvalue weighted by atomic mass is 16.5. The Morgan fingerprint density at radius 2 is 0.769 bits per heavy atom. The van der Waals surface area contributed by atoms with E-state index in [-0.39, 0.29) is 18.5 Å². The predicted molar refractivity (Wildman–Crippen MR) is 283 cm³/mol. The van der Waals surface area contributed by atoms with Crippen molar-refractivity contribution in [3.63, 3.8) is 0 Å². The monoisotopic (exact) mass is 916 g/mol. The Morgan fingerprint density at radius 1 is 0.431 bits per heavy atom. The lowest BCUT2D eigenvalue weighted by atomic mass is 10.0. The van der Waals surface area contributed by atoms with Crippen LogP contribution in [0, 0.1) is 0 Å². The van der Waals surface area contributed by atoms with Crippen molar-refractivity contribution in [1.82, 2.24) is 5.32 Å². The Labute approximate surface area is 405 Å². The largest absolute Gasteiger partial charge is 0.465 e. The van der Waals surface area contributed by atoms with Crippen molar-refractivity contribution >= 4 is 11.9 Å². The molecule has 0 heterocycles. The van der Waals surface area contributed by atoms with Gasteiger partial charge in [-0.3, -0.25) is 9.59 Å². The minimum atomic E-state index is -0.667. The molecule has 0 aromatic rings. The summed E-state index contributed by atoms with van der Waals surface area (Å²) in [5, 5.41) is 23.3. The van der Waals surface area contributed by atoms with Crippen molar-refractivity contribution in [2.24, 2.45) is 0 Å². The summed E-state index contributed by atoms with van der Waals surface area (Å²) in [6, 6.07) is -0.545. The van der Waals surface area contributed by atoms with Gasteiger partial charge in [0.05, 0.1) is 25.4 Å². The van der Waals surface area contributed by atoms with Gasteiger partial charge < -0.3 is 20.3 Å². The smallest absolute Gasteiger partial charge is 0.305 e. The summed E-state index contributed by atoms with van der Waals surface area (Å²) in [7, 11) is 0. The van der Waals surface area contributed by atoms with E-state index in [0.717, 1.165) is 51.4 Å². The lowest BCUT2D eigenvalue weighted by molar-refractivity contribution is -0.143. The molecule has 0 saturated heterocycles. The van der Waals surface area contributed by atoms with E-state index in [1.54, 1.807) is 0 Å². The molecule has 0 aliphatic rings. The quantitative estimate of drug-likeness (QED) is 0.0321. The maximum atomic E-state index is 12.5. The van der Waals surface area contributed by atoms with Crippen molar-refractivity contribution in [1.29, 1.82) is 0 Å². The lowest BCUT2D eigenvalue weighted by Crippen LogP contribution is -2.45. The van der Waals surface area contributed by atoms with Crippen molar-refractivity contribution in [3.8, 4) is 0 Å². The van der Waals surface area contributed by atoms with Gasteiger partial charge >= 0.3 is 5.97 Å². The first-order chi connectivity index (χ1) is 32.0. The zero-order valence-corrected chi connectivity index (χ0v) is 43.7. The first-order valence-electron chi connectivity index (χ1n) is 29.1. The van der Waals surface area contributed by atoms with Crippen LogP contribution in [-0.4, -0.2) is 47.4 Å². The van der Waals surface area contributed by atoms with E-state index in [2.05, 4.69) is 43.5 Å². The zero-order chi connectivity index (χ0) is 47.2. The first kappa shape index (κ1) is 63.3. The van der Waals surface area contributed by atoms with Gasteiger partial charge in [0.1, 0.15) is 0 Å². The number of aliphatic hydroxyl groups excluding tert-OH is 2. The number of hydrogen-bond donors (Lipinski definition) is 3. The fourth-order valence-corrected chi connectivity index (χ4v) is 9.07. The van der Waals surface area contributed by atoms with Crippen LogP contribution in [0.2, 0.25) is 0 Å². The molecule has 0 aromatic heterocycles. The minimum absolute atomic E-state index is 0.0353. The number of unbranched alkanes of at least 4 members (excludes halogenated alkanes) is 39. The number of esters is 1. The van der Waals surface area contributed by atoms with Crippen LogP contribution >= 0.6 is 0 Å². The van der Waals surface area contributed by atoms with Crippen LogP contribution in [0.3, 0.4) is 0 Å². The fraction of sp³-hybridized carbons (Fsp3) is 0.898. The fourth-order valence-electron chi connectivity index (χ4n) is 9.07. The second kappa shape index (κ2) is 54.9. The molecule has 0 spiro atoms. The van der Waals surface area contributed by atoms with Crippen molar-refractivity contribution < 1.29 is 24.5 Å². The van der Waals surface area contributed by atoms with Gasteiger partial charge in [0, 0.05) is 12.8 Å². The summed E-state index contributed by atoms with van der Waals surface area (Å²) >= 11 is 0. The van der Waals surface area contributed by atoms with Crippen LogP contribution in [-0.2, 0) is 14.3 Å². The van der Waals surface area contributed by atoms with Crippen LogP contribution in [0.15, 0.2) is 24.3 Å². The number of rotatable bonds is 54. The van der Waals surface area contributed by atoms with Gasteiger partial charge in [-0.1, -0.05) is 282 Å². The van der Waals surface area contributed by atoms with Gasteiger partial charge in [-0.05, 0) is 44.9 Å². The Hall–Kier alpha value is -1.66. The number of hydrogen-bond acceptors (Lipinski definition) is 5. The van der Waals surface area contributed by atoms with Crippen molar-refractivity contribution in [2.45, 2.75) is 328 Å². The van der Waals surface area contributed by atoms with Gasteiger partial charge in [0.15, 0.2) is 0 Å². The number of aliphatic hydroxyl groups is 2. The molecular weight excluding hydrogens is 803 g/mol. The van der Waals surface area contributed by atoms with E-state index in [0.29, 0.717) is 25.9 Å². The lowest BCUT2D eigenvalue weighted by Gasteiger charge is -2.22. The number of nitrogens with one attached hydrogen (secondary N) is 1. The Morgan fingerprint density at radius 3 is 1.17 bits per heavy atom. The van der Waals surface area contributed by atoms with Crippen LogP contribution < -0.4 is 5.32 Å². The third-order valence-electron chi connectivity index (χ3n) is 13.5. The van der Waals surface area contributed by atoms with Crippen molar-refractivity contribution in [3.05, 3.63) is 24.3 Å². The molecule has 65 heavy (non-hydrogen) atoms. The average molecular weight is 917 g/mol. The third kappa shape index (κ3) is 51.6. The van der Waals surface area contributed by atoms with E-state index in [9.17, 15) is 19.8 Å². The standard InChI is InChI=1S/C59H113NO5/c1-3-5-7-9-11-13-15-16-17-25-28-32-35-39-43-47-51-57(62)56(55-61)60-58(63)52-48-44-40-36-33-29-26-23-21-19-18-20-22-24-27-30-34-38-42-46-50-54-65-59(64)53-49-45-41-37-31-14-12-10-8-6-4-2/h30,34,42,46,56-57,61-62H,3-29,31-33,35-41,43-45,47-55H2,1-2H3,(H,60,63)/b34-30-,46-42-. The van der Waals surface area contributed by atoms with Crippen LogP contribution in [0.4, 0.5) is 0 Å². The highest BCUT2D eigenvalue weighted by Crippen LogP contribution is 2.17. The Balaban J connectivity index is 3.45. The topological polar surface area (TPSA) is 95.9 Å². The molecule has 0 aliphatic carbocycles. The summed E-state index contributed by atoms with van der Waals surface area (Å²) in [6.45, 7) is 4.85. The van der Waals surface area contributed by atoms with Crippen LogP contribution in [0.25, 0.3) is 0 Å². The third-order valence-corrected chi connectivity index (χ3v) is 13.5. The van der Waals surface area contributed by atoms with E-state index in [4.69, 9.17) is 4.74 Å². The van der Waals surface area contributed by atoms with Gasteiger partial charge in [0.2, 0.25) is 5.91 Å². The SMILES string of the molecule is CCCCCCCCCCCCCCCCCCC(O)C(CO)NC(=O)CCCCCCCCCCCCCCCC/C=C\C/C=C\CCOC(=O)CCCCCCCCCCCCC. The highest BCUT2D eigenvalue weighted by Gasteiger charge is 2.20. The molecule has 2 atom stereocenters. The Kier molecular flexibility index (Phi) is 53.5. The zero-order valence-electron chi connectivity index (χ0n) is 43.7. The normalized spacial score (nSPS) is 12.7. The molecule has 6 heteroatoms. The maximum Gasteiger partial charge on any atom is 0.305 e. The number of carbonyl (C=O) groups excluding carboxylic acids is 2. The van der Waals surface area contributed by atoms with Gasteiger partial charge in [0.25, 0.3) is 0 Å². The molecule has 0 aromatic carbocycles. The molecule has 384 valence electrons. The molecule has 0 radical (unpaired) electrons. The number of ether oxygens (including phenoxy) is 1. The van der Waals surface area contributed by atoms with Crippen molar-refractivity contribution in [2.75, 3.05) is 13.2 Å². The van der Waals surface area contributed by atoms with Gasteiger partial charge in [-0.25, -0.2) is 0 Å². The van der Waals surface area contributed by atoms with Crippen LogP contribution in [0.1, 0.15) is 316 Å². The van der Waals surface area contributed by atoms with E-state index in [1.807, 2.05) is 0 Å². The number of carbonyl (C=O) groups is 2. The van der Waals surface area contributed by atoms with Gasteiger partial charge in [-0.15, -0.1) is 0 Å². The second-order valence-electron chi connectivity index (χ2n) is 20.0. The summed E-state index contributed by atoms with van der Waals surface area (Å²) in [6.07, 6.45) is 66.1. The first-order valence-corrected chi connectivity index (χ1v) is 29.1. The average Bonchev–Trinajstić information content (AvgIpc) is 3.31. The maximum absolute atomic E-state index is 12.5.